The first-order valence-electron chi connectivity index (χ1n) is 9.15. The standard InChI is InChI=1S/C20H23ClN2O5S/c1-23(2)29(25,26)19-12-15(7-10-18(19)21)22-20(24)14-5-8-16(9-6-14)28-13-17-4-3-11-27-17/h5-10,12,17H,3-4,11,13H2,1-2H3,(H,22,24)/t17-/m1/s1. The lowest BCUT2D eigenvalue weighted by Crippen LogP contribution is -2.23. The summed E-state index contributed by atoms with van der Waals surface area (Å²) in [5.41, 5.74) is 0.750. The average Bonchev–Trinajstić information content (AvgIpc) is 3.21. The Morgan fingerprint density at radius 2 is 1.97 bits per heavy atom. The first-order chi connectivity index (χ1) is 13.8. The van der Waals surface area contributed by atoms with Gasteiger partial charge < -0.3 is 14.8 Å². The Hall–Kier alpha value is -2.13. The number of sulfonamides is 1. The summed E-state index contributed by atoms with van der Waals surface area (Å²) in [7, 11) is -0.894. The molecule has 156 valence electrons. The number of rotatable bonds is 7. The summed E-state index contributed by atoms with van der Waals surface area (Å²) < 4.78 is 37.0. The molecule has 1 heterocycles. The third kappa shape index (κ3) is 5.27. The molecule has 1 aliphatic rings. The summed E-state index contributed by atoms with van der Waals surface area (Å²) in [6.45, 7) is 1.26. The van der Waals surface area contributed by atoms with E-state index in [-0.39, 0.29) is 21.9 Å². The molecule has 0 bridgehead atoms. The molecule has 0 saturated carbocycles. The normalized spacial score (nSPS) is 16.8. The van der Waals surface area contributed by atoms with Crippen LogP contribution in [-0.2, 0) is 14.8 Å². The fourth-order valence-corrected chi connectivity index (χ4v) is 4.24. The van der Waals surface area contributed by atoms with Gasteiger partial charge in [-0.3, -0.25) is 4.79 Å². The Bertz CT molecular complexity index is 971. The van der Waals surface area contributed by atoms with Crippen LogP contribution in [0.3, 0.4) is 0 Å². The van der Waals surface area contributed by atoms with Crippen molar-refractivity contribution in [3.05, 3.63) is 53.1 Å². The molecule has 1 fully saturated rings. The maximum Gasteiger partial charge on any atom is 0.255 e. The summed E-state index contributed by atoms with van der Waals surface area (Å²) in [6.07, 6.45) is 2.17. The van der Waals surface area contributed by atoms with Crippen LogP contribution < -0.4 is 10.1 Å². The van der Waals surface area contributed by atoms with Crippen LogP contribution in [0.1, 0.15) is 23.2 Å². The number of halogens is 1. The summed E-state index contributed by atoms with van der Waals surface area (Å²) in [5.74, 6) is 0.286. The predicted octanol–water partition coefficient (Wildman–Crippen LogP) is 3.40. The van der Waals surface area contributed by atoms with Crippen LogP contribution in [0.5, 0.6) is 5.75 Å². The minimum Gasteiger partial charge on any atom is -0.491 e. The highest BCUT2D eigenvalue weighted by Crippen LogP contribution is 2.27. The van der Waals surface area contributed by atoms with Gasteiger partial charge in [0.1, 0.15) is 17.3 Å². The van der Waals surface area contributed by atoms with Gasteiger partial charge in [-0.25, -0.2) is 12.7 Å². The Kier molecular flexibility index (Phi) is 6.79. The van der Waals surface area contributed by atoms with Gasteiger partial charge in [-0.2, -0.15) is 0 Å². The molecule has 1 N–H and O–H groups in total. The Morgan fingerprint density at radius 3 is 2.59 bits per heavy atom. The van der Waals surface area contributed by atoms with Gasteiger partial charge in [0.25, 0.3) is 5.91 Å². The molecule has 3 rings (SSSR count). The fraction of sp³-hybridized carbons (Fsp3) is 0.350. The van der Waals surface area contributed by atoms with Gasteiger partial charge in [-0.05, 0) is 55.3 Å². The van der Waals surface area contributed by atoms with E-state index in [1.165, 1.54) is 26.2 Å². The number of amides is 1. The molecule has 7 nitrogen and oxygen atoms in total. The van der Waals surface area contributed by atoms with Crippen LogP contribution in [0.15, 0.2) is 47.4 Å². The number of nitrogens with zero attached hydrogens (tertiary/aromatic N) is 1. The van der Waals surface area contributed by atoms with Crippen molar-refractivity contribution in [3.8, 4) is 5.75 Å². The molecule has 0 aromatic heterocycles. The summed E-state index contributed by atoms with van der Waals surface area (Å²) >= 11 is 6.03. The molecular formula is C20H23ClN2O5S. The highest BCUT2D eigenvalue weighted by Gasteiger charge is 2.21. The van der Waals surface area contributed by atoms with Crippen molar-refractivity contribution in [1.29, 1.82) is 0 Å². The van der Waals surface area contributed by atoms with Crippen molar-refractivity contribution in [2.24, 2.45) is 0 Å². The Balaban J connectivity index is 1.67. The van der Waals surface area contributed by atoms with E-state index in [1.807, 2.05) is 0 Å². The van der Waals surface area contributed by atoms with Crippen molar-refractivity contribution >= 4 is 33.2 Å². The molecule has 0 unspecified atom stereocenters. The largest absolute Gasteiger partial charge is 0.491 e. The predicted molar refractivity (Wildman–Crippen MR) is 111 cm³/mol. The summed E-state index contributed by atoms with van der Waals surface area (Å²) in [6, 6.07) is 11.1. The topological polar surface area (TPSA) is 84.9 Å². The highest BCUT2D eigenvalue weighted by atomic mass is 35.5. The van der Waals surface area contributed by atoms with Gasteiger partial charge in [0.15, 0.2) is 0 Å². The van der Waals surface area contributed by atoms with E-state index in [4.69, 9.17) is 21.1 Å². The van der Waals surface area contributed by atoms with E-state index in [0.29, 0.717) is 23.6 Å². The minimum atomic E-state index is -3.73. The van der Waals surface area contributed by atoms with Crippen molar-refractivity contribution in [1.82, 2.24) is 4.31 Å². The van der Waals surface area contributed by atoms with Crippen molar-refractivity contribution in [2.45, 2.75) is 23.8 Å². The average molecular weight is 439 g/mol. The molecule has 2 aromatic carbocycles. The zero-order valence-corrected chi connectivity index (χ0v) is 17.8. The molecule has 2 aromatic rings. The molecule has 9 heteroatoms. The Labute approximate surface area is 175 Å². The molecular weight excluding hydrogens is 416 g/mol. The molecule has 0 aliphatic carbocycles. The highest BCUT2D eigenvalue weighted by molar-refractivity contribution is 7.89. The number of hydrogen-bond donors (Lipinski definition) is 1. The first kappa shape index (κ1) is 21.6. The van der Waals surface area contributed by atoms with Gasteiger partial charge in [0, 0.05) is 32.0 Å². The van der Waals surface area contributed by atoms with Gasteiger partial charge in [0.2, 0.25) is 10.0 Å². The third-order valence-corrected chi connectivity index (χ3v) is 6.82. The number of carbonyl (C=O) groups is 1. The molecule has 1 atom stereocenters. The monoisotopic (exact) mass is 438 g/mol. The second-order valence-electron chi connectivity index (χ2n) is 6.86. The van der Waals surface area contributed by atoms with E-state index >= 15 is 0 Å². The molecule has 1 aliphatic heterocycles. The van der Waals surface area contributed by atoms with E-state index in [1.54, 1.807) is 30.3 Å². The van der Waals surface area contributed by atoms with Crippen molar-refractivity contribution in [2.75, 3.05) is 32.6 Å². The van der Waals surface area contributed by atoms with Crippen LogP contribution in [0, 0.1) is 0 Å². The summed E-state index contributed by atoms with van der Waals surface area (Å²) in [5, 5.41) is 2.78. The van der Waals surface area contributed by atoms with Gasteiger partial charge in [-0.15, -0.1) is 0 Å². The van der Waals surface area contributed by atoms with Gasteiger partial charge in [-0.1, -0.05) is 11.6 Å². The molecule has 1 saturated heterocycles. The van der Waals surface area contributed by atoms with Crippen LogP contribution in [0.25, 0.3) is 0 Å². The fourth-order valence-electron chi connectivity index (χ4n) is 2.85. The second-order valence-corrected chi connectivity index (χ2v) is 9.38. The van der Waals surface area contributed by atoms with E-state index in [9.17, 15) is 13.2 Å². The molecule has 0 radical (unpaired) electrons. The van der Waals surface area contributed by atoms with Crippen molar-refractivity contribution in [3.63, 3.8) is 0 Å². The van der Waals surface area contributed by atoms with Crippen LogP contribution in [-0.4, -0.2) is 52.0 Å². The maximum atomic E-state index is 12.5. The van der Waals surface area contributed by atoms with Crippen molar-refractivity contribution < 1.29 is 22.7 Å². The van der Waals surface area contributed by atoms with Gasteiger partial charge in [0.05, 0.1) is 11.1 Å². The summed E-state index contributed by atoms with van der Waals surface area (Å²) in [4.78, 5) is 12.4. The number of benzene rings is 2. The third-order valence-electron chi connectivity index (χ3n) is 4.52. The first-order valence-corrected chi connectivity index (χ1v) is 11.0. The van der Waals surface area contributed by atoms with Crippen LogP contribution in [0.4, 0.5) is 5.69 Å². The lowest BCUT2D eigenvalue weighted by molar-refractivity contribution is 0.0679. The molecule has 1 amide bonds. The van der Waals surface area contributed by atoms with Crippen LogP contribution >= 0.6 is 11.6 Å². The Morgan fingerprint density at radius 1 is 1.24 bits per heavy atom. The SMILES string of the molecule is CN(C)S(=O)(=O)c1cc(NC(=O)c2ccc(OC[C@H]3CCCO3)cc2)ccc1Cl. The maximum absolute atomic E-state index is 12.5. The zero-order valence-electron chi connectivity index (χ0n) is 16.2. The number of anilines is 1. The van der Waals surface area contributed by atoms with E-state index in [2.05, 4.69) is 5.32 Å². The quantitative estimate of drug-likeness (QED) is 0.716. The minimum absolute atomic E-state index is 0.0696. The second kappa shape index (κ2) is 9.13. The number of hydrogen-bond acceptors (Lipinski definition) is 5. The number of nitrogens with one attached hydrogen (secondary N) is 1. The smallest absolute Gasteiger partial charge is 0.255 e. The van der Waals surface area contributed by atoms with E-state index in [0.717, 1.165) is 23.8 Å². The number of carbonyl (C=O) groups excluding carboxylic acids is 1. The zero-order chi connectivity index (χ0) is 21.0. The number of ether oxygens (including phenoxy) is 2. The molecule has 29 heavy (non-hydrogen) atoms. The lowest BCUT2D eigenvalue weighted by atomic mass is 10.2. The van der Waals surface area contributed by atoms with E-state index < -0.39 is 10.0 Å². The lowest BCUT2D eigenvalue weighted by Gasteiger charge is -2.14. The molecule has 0 spiro atoms. The van der Waals surface area contributed by atoms with Crippen LogP contribution in [0.2, 0.25) is 5.02 Å². The van der Waals surface area contributed by atoms with Gasteiger partial charge >= 0.3 is 0 Å².